The summed E-state index contributed by atoms with van der Waals surface area (Å²) in [4.78, 5) is 13.0. The van der Waals surface area contributed by atoms with Gasteiger partial charge in [-0.2, -0.15) is 0 Å². The zero-order chi connectivity index (χ0) is 22.6. The average Bonchev–Trinajstić information content (AvgIpc) is 3.15. The summed E-state index contributed by atoms with van der Waals surface area (Å²) >= 11 is 0. The smallest absolute Gasteiger partial charge is 0.443 e. The SMILES string of the molecule is CC(C)(C)OC(=O)n1c(-c2ccc(B3OC(C)(C)C(C)(C)O3)cc2)cc2ccccc21. The molecule has 4 rings (SSSR count). The molecule has 0 atom stereocenters. The van der Waals surface area contributed by atoms with Crippen LogP contribution in [0, 0.1) is 0 Å². The van der Waals surface area contributed by atoms with Gasteiger partial charge < -0.3 is 14.0 Å². The summed E-state index contributed by atoms with van der Waals surface area (Å²) in [6, 6.07) is 17.8. The van der Waals surface area contributed by atoms with Gasteiger partial charge in [-0.05, 0) is 71.6 Å². The van der Waals surface area contributed by atoms with Crippen LogP contribution in [0.5, 0.6) is 0 Å². The molecule has 0 unspecified atom stereocenters. The Morgan fingerprint density at radius 1 is 0.935 bits per heavy atom. The zero-order valence-corrected chi connectivity index (χ0v) is 19.4. The summed E-state index contributed by atoms with van der Waals surface area (Å²) in [7, 11) is -0.421. The largest absolute Gasteiger partial charge is 0.494 e. The number of hydrogen-bond donors (Lipinski definition) is 0. The fraction of sp³-hybridized carbons (Fsp3) is 0.400. The quantitative estimate of drug-likeness (QED) is 0.523. The predicted molar refractivity (Wildman–Crippen MR) is 125 cm³/mol. The van der Waals surface area contributed by atoms with E-state index >= 15 is 0 Å². The molecule has 3 aromatic rings. The van der Waals surface area contributed by atoms with E-state index in [1.807, 2.05) is 103 Å². The van der Waals surface area contributed by atoms with Crippen LogP contribution in [0.3, 0.4) is 0 Å². The van der Waals surface area contributed by atoms with Gasteiger partial charge >= 0.3 is 13.2 Å². The molecule has 162 valence electrons. The van der Waals surface area contributed by atoms with E-state index in [4.69, 9.17) is 14.0 Å². The molecule has 1 aromatic heterocycles. The molecule has 5 nitrogen and oxygen atoms in total. The number of rotatable bonds is 2. The standard InChI is InChI=1S/C25H30BNO4/c1-23(2,3)29-22(28)27-20-11-9-8-10-18(20)16-21(27)17-12-14-19(15-13-17)26-30-24(4,5)25(6,7)31-26/h8-16H,1-7H3. The van der Waals surface area contributed by atoms with Crippen molar-refractivity contribution < 1.29 is 18.8 Å². The second-order valence-electron chi connectivity index (χ2n) is 10.1. The van der Waals surface area contributed by atoms with Crippen molar-refractivity contribution in [2.75, 3.05) is 0 Å². The Hall–Kier alpha value is -2.57. The van der Waals surface area contributed by atoms with E-state index in [-0.39, 0.29) is 11.2 Å². The lowest BCUT2D eigenvalue weighted by Gasteiger charge is -2.32. The highest BCUT2D eigenvalue weighted by atomic mass is 16.7. The van der Waals surface area contributed by atoms with Crippen molar-refractivity contribution in [2.45, 2.75) is 65.3 Å². The minimum atomic E-state index is -0.583. The number of fused-ring (bicyclic) bond motifs is 1. The van der Waals surface area contributed by atoms with Gasteiger partial charge in [0.2, 0.25) is 0 Å². The first-order valence-corrected chi connectivity index (χ1v) is 10.7. The first-order valence-electron chi connectivity index (χ1n) is 10.7. The van der Waals surface area contributed by atoms with Crippen molar-refractivity contribution in [3.63, 3.8) is 0 Å². The van der Waals surface area contributed by atoms with E-state index in [1.165, 1.54) is 0 Å². The highest BCUT2D eigenvalue weighted by Gasteiger charge is 2.51. The molecule has 0 aliphatic carbocycles. The second-order valence-corrected chi connectivity index (χ2v) is 10.1. The number of hydrogen-bond acceptors (Lipinski definition) is 4. The lowest BCUT2D eigenvalue weighted by molar-refractivity contribution is 0.00578. The maximum absolute atomic E-state index is 13.0. The summed E-state index contributed by atoms with van der Waals surface area (Å²) in [5.74, 6) is 0. The van der Waals surface area contributed by atoms with Crippen molar-refractivity contribution in [1.82, 2.24) is 4.57 Å². The fourth-order valence-corrected chi connectivity index (χ4v) is 3.66. The number of carbonyl (C=O) groups excluding carboxylic acids is 1. The Balaban J connectivity index is 1.71. The highest BCUT2D eigenvalue weighted by molar-refractivity contribution is 6.62. The number of benzene rings is 2. The average molecular weight is 419 g/mol. The van der Waals surface area contributed by atoms with Crippen molar-refractivity contribution >= 4 is 29.6 Å². The lowest BCUT2D eigenvalue weighted by atomic mass is 9.79. The van der Waals surface area contributed by atoms with E-state index in [0.717, 1.165) is 27.6 Å². The van der Waals surface area contributed by atoms with Gasteiger partial charge in [-0.25, -0.2) is 9.36 Å². The molecule has 0 spiro atoms. The molecule has 1 aliphatic rings. The van der Waals surface area contributed by atoms with Gasteiger partial charge in [0, 0.05) is 5.39 Å². The first kappa shape index (κ1) is 21.7. The van der Waals surface area contributed by atoms with Gasteiger partial charge in [0.1, 0.15) is 5.60 Å². The Bertz CT molecular complexity index is 1110. The van der Waals surface area contributed by atoms with Crippen LogP contribution < -0.4 is 5.46 Å². The monoisotopic (exact) mass is 419 g/mol. The third kappa shape index (κ3) is 4.02. The molecule has 1 saturated heterocycles. The molecular formula is C25H30BNO4. The molecule has 2 heterocycles. The number of para-hydroxylation sites is 1. The molecule has 2 aromatic carbocycles. The third-order valence-electron chi connectivity index (χ3n) is 6.02. The highest BCUT2D eigenvalue weighted by Crippen LogP contribution is 2.36. The van der Waals surface area contributed by atoms with Crippen LogP contribution in [-0.4, -0.2) is 34.6 Å². The summed E-state index contributed by atoms with van der Waals surface area (Å²) in [5.41, 5.74) is 2.11. The minimum absolute atomic E-state index is 0.389. The molecule has 1 aliphatic heterocycles. The van der Waals surface area contributed by atoms with Crippen LogP contribution in [-0.2, 0) is 14.0 Å². The molecular weight excluding hydrogens is 389 g/mol. The number of nitrogens with zero attached hydrogens (tertiary/aromatic N) is 1. The Morgan fingerprint density at radius 3 is 2.10 bits per heavy atom. The van der Waals surface area contributed by atoms with Crippen molar-refractivity contribution in [1.29, 1.82) is 0 Å². The van der Waals surface area contributed by atoms with Crippen LogP contribution >= 0.6 is 0 Å². The van der Waals surface area contributed by atoms with Gasteiger partial charge in [0.05, 0.1) is 22.4 Å². The van der Waals surface area contributed by atoms with Crippen LogP contribution in [0.1, 0.15) is 48.5 Å². The van der Waals surface area contributed by atoms with E-state index in [2.05, 4.69) is 0 Å². The topological polar surface area (TPSA) is 49.7 Å². The van der Waals surface area contributed by atoms with Crippen LogP contribution in [0.2, 0.25) is 0 Å². The molecule has 0 bridgehead atoms. The summed E-state index contributed by atoms with van der Waals surface area (Å²) < 4.78 is 19.6. The van der Waals surface area contributed by atoms with E-state index < -0.39 is 18.8 Å². The van der Waals surface area contributed by atoms with Gasteiger partial charge in [0.15, 0.2) is 0 Å². The number of ether oxygens (including phenoxy) is 1. The lowest BCUT2D eigenvalue weighted by Crippen LogP contribution is -2.41. The predicted octanol–water partition coefficient (Wildman–Crippen LogP) is 5.39. The van der Waals surface area contributed by atoms with Crippen LogP contribution in [0.25, 0.3) is 22.2 Å². The maximum atomic E-state index is 13.0. The minimum Gasteiger partial charge on any atom is -0.443 e. The van der Waals surface area contributed by atoms with Crippen molar-refractivity contribution in [2.24, 2.45) is 0 Å². The van der Waals surface area contributed by atoms with E-state index in [9.17, 15) is 4.79 Å². The summed E-state index contributed by atoms with van der Waals surface area (Å²) in [6.45, 7) is 13.8. The van der Waals surface area contributed by atoms with Crippen molar-refractivity contribution in [3.8, 4) is 11.3 Å². The van der Waals surface area contributed by atoms with Gasteiger partial charge in [0.25, 0.3) is 0 Å². The number of aromatic nitrogens is 1. The Kier molecular flexibility index (Phi) is 5.06. The second kappa shape index (κ2) is 7.25. The molecule has 0 radical (unpaired) electrons. The van der Waals surface area contributed by atoms with Crippen molar-refractivity contribution in [3.05, 3.63) is 54.6 Å². The normalized spacial score (nSPS) is 17.8. The molecule has 31 heavy (non-hydrogen) atoms. The molecule has 0 amide bonds. The van der Waals surface area contributed by atoms with E-state index in [1.54, 1.807) is 4.57 Å². The maximum Gasteiger partial charge on any atom is 0.494 e. The summed E-state index contributed by atoms with van der Waals surface area (Å²) in [5, 5.41) is 0.985. The van der Waals surface area contributed by atoms with Gasteiger partial charge in [-0.15, -0.1) is 0 Å². The fourth-order valence-electron chi connectivity index (χ4n) is 3.66. The third-order valence-corrected chi connectivity index (χ3v) is 6.02. The molecule has 1 fully saturated rings. The van der Waals surface area contributed by atoms with E-state index in [0.29, 0.717) is 0 Å². The first-order chi connectivity index (χ1) is 14.4. The van der Waals surface area contributed by atoms with Crippen LogP contribution in [0.15, 0.2) is 54.6 Å². The Morgan fingerprint density at radius 2 is 1.52 bits per heavy atom. The molecule has 6 heteroatoms. The molecule has 0 N–H and O–H groups in total. The number of carbonyl (C=O) groups is 1. The molecule has 0 saturated carbocycles. The van der Waals surface area contributed by atoms with Gasteiger partial charge in [-0.1, -0.05) is 42.5 Å². The Labute approximate surface area is 184 Å². The zero-order valence-electron chi connectivity index (χ0n) is 19.4. The summed E-state index contributed by atoms with van der Waals surface area (Å²) in [6.07, 6.45) is -0.390. The van der Waals surface area contributed by atoms with Crippen LogP contribution in [0.4, 0.5) is 4.79 Å². The van der Waals surface area contributed by atoms with Gasteiger partial charge in [-0.3, -0.25) is 0 Å².